The maximum Gasteiger partial charge on any atom is 0.250 e. The fourth-order valence-corrected chi connectivity index (χ4v) is 4.13. The van der Waals surface area contributed by atoms with Gasteiger partial charge in [0.2, 0.25) is 10.0 Å². The number of nitrogens with one attached hydrogen (secondary N) is 2. The highest BCUT2D eigenvalue weighted by Gasteiger charge is 2.16. The number of aromatic nitrogens is 2. The van der Waals surface area contributed by atoms with Gasteiger partial charge in [-0.3, -0.25) is 0 Å². The summed E-state index contributed by atoms with van der Waals surface area (Å²) in [6.07, 6.45) is 2.44. The van der Waals surface area contributed by atoms with E-state index >= 15 is 0 Å². The van der Waals surface area contributed by atoms with Crippen molar-refractivity contribution in [3.05, 3.63) is 40.8 Å². The molecule has 0 aliphatic carbocycles. The Morgan fingerprint density at radius 2 is 2.10 bits per heavy atom. The minimum absolute atomic E-state index is 0.162. The number of aryl methyl sites for hydroxylation is 1. The highest BCUT2D eigenvalue weighted by atomic mass is 32.2. The van der Waals surface area contributed by atoms with Gasteiger partial charge in [-0.15, -0.1) is 11.3 Å². The second-order valence-corrected chi connectivity index (χ2v) is 7.66. The van der Waals surface area contributed by atoms with Crippen LogP contribution in [0.4, 0.5) is 0 Å². The van der Waals surface area contributed by atoms with Crippen LogP contribution in [-0.4, -0.2) is 32.0 Å². The van der Waals surface area contributed by atoms with E-state index < -0.39 is 10.0 Å². The van der Waals surface area contributed by atoms with E-state index in [0.717, 1.165) is 17.8 Å². The lowest BCUT2D eigenvalue weighted by atomic mass is 10.3. The van der Waals surface area contributed by atoms with Gasteiger partial charge < -0.3 is 5.32 Å². The molecule has 0 fully saturated rings. The molecule has 6 nitrogen and oxygen atoms in total. The molecule has 0 amide bonds. The maximum atomic E-state index is 12.2. The van der Waals surface area contributed by atoms with E-state index in [9.17, 15) is 8.42 Å². The van der Waals surface area contributed by atoms with Crippen molar-refractivity contribution in [3.8, 4) is 0 Å². The highest BCUT2D eigenvalue weighted by Crippen LogP contribution is 2.21. The lowest BCUT2D eigenvalue weighted by molar-refractivity contribution is 0.582. The summed E-state index contributed by atoms with van der Waals surface area (Å²) >= 11 is 1.29. The van der Waals surface area contributed by atoms with Gasteiger partial charge >= 0.3 is 0 Å². The summed E-state index contributed by atoms with van der Waals surface area (Å²) < 4.78 is 27.3. The topological polar surface area (TPSA) is 84.0 Å². The van der Waals surface area contributed by atoms with Gasteiger partial charge in [0.15, 0.2) is 0 Å². The predicted molar refractivity (Wildman–Crippen MR) is 82.7 cm³/mol. The van der Waals surface area contributed by atoms with Crippen molar-refractivity contribution in [3.63, 3.8) is 0 Å². The van der Waals surface area contributed by atoms with E-state index in [2.05, 4.69) is 20.0 Å². The Balaban J connectivity index is 2.02. The maximum absolute atomic E-state index is 12.2. The summed E-state index contributed by atoms with van der Waals surface area (Å²) in [6, 6.07) is 5.19. The fraction of sp³-hybridized carbons (Fsp3) is 0.385. The van der Waals surface area contributed by atoms with Gasteiger partial charge in [-0.1, -0.05) is 0 Å². The zero-order valence-electron chi connectivity index (χ0n) is 12.0. The van der Waals surface area contributed by atoms with E-state index in [-0.39, 0.29) is 6.54 Å². The number of sulfonamides is 1. The van der Waals surface area contributed by atoms with Crippen LogP contribution in [0, 0.1) is 6.92 Å². The summed E-state index contributed by atoms with van der Waals surface area (Å²) in [4.78, 5) is 9.20. The lowest BCUT2D eigenvalue weighted by Gasteiger charge is -2.04. The first-order valence-corrected chi connectivity index (χ1v) is 8.83. The monoisotopic (exact) mass is 326 g/mol. The number of rotatable bonds is 7. The largest absolute Gasteiger partial charge is 0.319 e. The number of hydrogen-bond acceptors (Lipinski definition) is 6. The average Bonchev–Trinajstić information content (AvgIpc) is 2.93. The third kappa shape index (κ3) is 4.57. The SMILES string of the molecule is CNCCc1ccc(S(=O)(=O)NCc2ccnc(C)n2)s1. The van der Waals surface area contributed by atoms with Crippen molar-refractivity contribution in [1.82, 2.24) is 20.0 Å². The number of likely N-dealkylation sites (N-methyl/N-ethyl adjacent to an activating group) is 1. The smallest absolute Gasteiger partial charge is 0.250 e. The molecule has 2 rings (SSSR count). The first kappa shape index (κ1) is 16.0. The molecule has 0 bridgehead atoms. The molecule has 0 unspecified atom stereocenters. The Bertz CT molecular complexity index is 698. The molecule has 0 aromatic carbocycles. The molecule has 2 N–H and O–H groups in total. The van der Waals surface area contributed by atoms with Crippen LogP contribution >= 0.6 is 11.3 Å². The molecular formula is C13H18N4O2S2. The summed E-state index contributed by atoms with van der Waals surface area (Å²) in [6.45, 7) is 2.76. The van der Waals surface area contributed by atoms with Crippen LogP contribution in [0.2, 0.25) is 0 Å². The minimum Gasteiger partial charge on any atom is -0.319 e. The summed E-state index contributed by atoms with van der Waals surface area (Å²) in [5.74, 6) is 0.622. The first-order valence-electron chi connectivity index (χ1n) is 6.53. The molecule has 0 saturated carbocycles. The summed E-state index contributed by atoms with van der Waals surface area (Å²) in [7, 11) is -1.62. The van der Waals surface area contributed by atoms with Crippen LogP contribution in [0.5, 0.6) is 0 Å². The lowest BCUT2D eigenvalue weighted by Crippen LogP contribution is -2.23. The van der Waals surface area contributed by atoms with Gasteiger partial charge in [0.25, 0.3) is 0 Å². The van der Waals surface area contributed by atoms with Crippen LogP contribution in [0.3, 0.4) is 0 Å². The zero-order valence-corrected chi connectivity index (χ0v) is 13.6. The molecule has 0 atom stereocenters. The van der Waals surface area contributed by atoms with E-state index in [1.54, 1.807) is 25.3 Å². The number of thiophene rings is 1. The van der Waals surface area contributed by atoms with Crippen molar-refractivity contribution in [2.45, 2.75) is 24.1 Å². The second-order valence-electron chi connectivity index (χ2n) is 4.49. The van der Waals surface area contributed by atoms with E-state index in [1.165, 1.54) is 11.3 Å². The van der Waals surface area contributed by atoms with Crippen molar-refractivity contribution in [1.29, 1.82) is 0 Å². The van der Waals surface area contributed by atoms with Gasteiger partial charge in [-0.25, -0.2) is 23.1 Å². The summed E-state index contributed by atoms with van der Waals surface area (Å²) in [5.41, 5.74) is 0.651. The standard InChI is InChI=1S/C13H18N4O2S2/c1-10-15-8-5-11(17-10)9-16-21(18,19)13-4-3-12(20-13)6-7-14-2/h3-5,8,14,16H,6-7,9H2,1-2H3. The molecule has 0 spiro atoms. The van der Waals surface area contributed by atoms with E-state index in [0.29, 0.717) is 15.7 Å². The third-order valence-electron chi connectivity index (χ3n) is 2.80. The number of hydrogen-bond donors (Lipinski definition) is 2. The Morgan fingerprint density at radius 1 is 1.29 bits per heavy atom. The molecule has 0 radical (unpaired) electrons. The normalized spacial score (nSPS) is 11.7. The summed E-state index contributed by atoms with van der Waals surface area (Å²) in [5, 5.41) is 3.04. The zero-order chi connectivity index (χ0) is 15.3. The predicted octanol–water partition coefficient (Wildman–Crippen LogP) is 1.09. The molecule has 2 heterocycles. The Morgan fingerprint density at radius 3 is 2.81 bits per heavy atom. The van der Waals surface area contributed by atoms with Gasteiger partial charge in [0, 0.05) is 11.1 Å². The minimum atomic E-state index is -3.49. The van der Waals surface area contributed by atoms with Crippen LogP contribution in [0.1, 0.15) is 16.4 Å². The molecular weight excluding hydrogens is 308 g/mol. The average molecular weight is 326 g/mol. The van der Waals surface area contributed by atoms with E-state index in [4.69, 9.17) is 0 Å². The number of nitrogens with zero attached hydrogens (tertiary/aromatic N) is 2. The van der Waals surface area contributed by atoms with Gasteiger partial charge in [0.1, 0.15) is 10.0 Å². The van der Waals surface area contributed by atoms with Crippen molar-refractivity contribution in [2.75, 3.05) is 13.6 Å². The third-order valence-corrected chi connectivity index (χ3v) is 5.84. The van der Waals surface area contributed by atoms with Crippen LogP contribution in [-0.2, 0) is 23.0 Å². The van der Waals surface area contributed by atoms with Crippen molar-refractivity contribution < 1.29 is 8.42 Å². The van der Waals surface area contributed by atoms with Crippen molar-refractivity contribution >= 4 is 21.4 Å². The van der Waals surface area contributed by atoms with E-state index in [1.807, 2.05) is 13.1 Å². The molecule has 0 aliphatic rings. The Hall–Kier alpha value is -1.35. The quantitative estimate of drug-likeness (QED) is 0.795. The fourth-order valence-electron chi connectivity index (χ4n) is 1.73. The second kappa shape index (κ2) is 7.08. The molecule has 114 valence electrons. The van der Waals surface area contributed by atoms with Gasteiger partial charge in [-0.05, 0) is 45.1 Å². The van der Waals surface area contributed by atoms with Gasteiger partial charge in [-0.2, -0.15) is 0 Å². The molecule has 8 heteroatoms. The Kier molecular flexibility index (Phi) is 5.40. The molecule has 21 heavy (non-hydrogen) atoms. The molecule has 0 aliphatic heterocycles. The Labute approximate surface area is 128 Å². The molecule has 2 aromatic heterocycles. The van der Waals surface area contributed by atoms with Crippen LogP contribution in [0.15, 0.2) is 28.6 Å². The first-order chi connectivity index (χ1) is 10.0. The van der Waals surface area contributed by atoms with Crippen molar-refractivity contribution in [2.24, 2.45) is 0 Å². The molecule has 2 aromatic rings. The van der Waals surface area contributed by atoms with Gasteiger partial charge in [0.05, 0.1) is 12.2 Å². The highest BCUT2D eigenvalue weighted by molar-refractivity contribution is 7.91. The molecule has 0 saturated heterocycles. The van der Waals surface area contributed by atoms with Crippen LogP contribution in [0.25, 0.3) is 0 Å². The van der Waals surface area contributed by atoms with Crippen LogP contribution < -0.4 is 10.0 Å².